The van der Waals surface area contributed by atoms with Gasteiger partial charge in [0.05, 0.1) is 29.2 Å². The molecular weight excluding hydrogens is 460 g/mol. The summed E-state index contributed by atoms with van der Waals surface area (Å²) in [5.74, 6) is -1.21. The third-order valence-corrected chi connectivity index (χ3v) is 5.91. The van der Waals surface area contributed by atoms with E-state index in [0.29, 0.717) is 23.8 Å². The first-order valence-electron chi connectivity index (χ1n) is 10.9. The number of thiophene rings is 1. The second-order valence-corrected chi connectivity index (χ2v) is 8.76. The molecule has 2 aromatic rings. The van der Waals surface area contributed by atoms with Crippen molar-refractivity contribution in [2.75, 3.05) is 32.2 Å². The van der Waals surface area contributed by atoms with Crippen molar-refractivity contribution in [2.45, 2.75) is 34.1 Å². The molecule has 0 unspecified atom stereocenters. The van der Waals surface area contributed by atoms with Crippen LogP contribution < -0.4 is 15.4 Å². The number of hydrogen-bond acceptors (Lipinski definition) is 8. The van der Waals surface area contributed by atoms with Gasteiger partial charge in [-0.15, -0.1) is 11.3 Å². The zero-order valence-electron chi connectivity index (χ0n) is 20.0. The second-order valence-electron chi connectivity index (χ2n) is 7.74. The number of esters is 2. The second kappa shape index (κ2) is 12.7. The van der Waals surface area contributed by atoms with Crippen LogP contribution in [-0.4, -0.2) is 50.6 Å². The lowest BCUT2D eigenvalue weighted by Crippen LogP contribution is -2.21. The predicted octanol–water partition coefficient (Wildman–Crippen LogP) is 3.81. The van der Waals surface area contributed by atoms with E-state index in [4.69, 9.17) is 14.2 Å². The van der Waals surface area contributed by atoms with Gasteiger partial charge in [0, 0.05) is 7.05 Å². The predicted molar refractivity (Wildman–Crippen MR) is 129 cm³/mol. The van der Waals surface area contributed by atoms with Gasteiger partial charge in [-0.05, 0) is 56.0 Å². The van der Waals surface area contributed by atoms with E-state index >= 15 is 0 Å². The van der Waals surface area contributed by atoms with Crippen LogP contribution in [0.2, 0.25) is 0 Å². The molecule has 0 aliphatic carbocycles. The molecule has 2 N–H and O–H groups in total. The molecule has 2 rings (SSSR count). The summed E-state index contributed by atoms with van der Waals surface area (Å²) < 4.78 is 15.8. The molecule has 0 spiro atoms. The highest BCUT2D eigenvalue weighted by atomic mass is 32.1. The smallest absolute Gasteiger partial charge is 0.341 e. The Kier molecular flexibility index (Phi) is 10.1. The number of anilines is 1. The van der Waals surface area contributed by atoms with Gasteiger partial charge < -0.3 is 24.8 Å². The summed E-state index contributed by atoms with van der Waals surface area (Å²) in [7, 11) is 1.47. The van der Waals surface area contributed by atoms with E-state index in [1.54, 1.807) is 38.1 Å². The fourth-order valence-electron chi connectivity index (χ4n) is 2.86. The number of ether oxygens (including phenoxy) is 3. The van der Waals surface area contributed by atoms with Crippen molar-refractivity contribution in [1.29, 1.82) is 0 Å². The Morgan fingerprint density at radius 1 is 1.03 bits per heavy atom. The number of carbonyl (C=O) groups is 4. The number of benzene rings is 1. The Hall–Kier alpha value is -3.40. The van der Waals surface area contributed by atoms with Crippen LogP contribution >= 0.6 is 11.3 Å². The van der Waals surface area contributed by atoms with Gasteiger partial charge in [-0.2, -0.15) is 0 Å². The standard InChI is InChI=1S/C24H30N2O7S/c1-6-31-24(30)19-15(4)20(21(28)25-5)34-22(19)26-18(27)13-33-23(29)16-7-9-17(10-8-16)32-12-11-14(2)3/h7-10,14H,6,11-13H2,1-5H3,(H,25,28)(H,26,27). The van der Waals surface area contributed by atoms with E-state index in [0.717, 1.165) is 17.8 Å². The number of carbonyl (C=O) groups excluding carboxylic acids is 4. The Balaban J connectivity index is 2.01. The summed E-state index contributed by atoms with van der Waals surface area (Å²) in [5.41, 5.74) is 0.758. The molecule has 9 nitrogen and oxygen atoms in total. The van der Waals surface area contributed by atoms with Crippen LogP contribution in [-0.2, 0) is 14.3 Å². The minimum absolute atomic E-state index is 0.0955. The summed E-state index contributed by atoms with van der Waals surface area (Å²) >= 11 is 0.942. The van der Waals surface area contributed by atoms with E-state index < -0.39 is 30.4 Å². The third kappa shape index (κ3) is 7.31. The first kappa shape index (κ1) is 26.8. The molecule has 0 atom stereocenters. The average Bonchev–Trinajstić information content (AvgIpc) is 3.12. The lowest BCUT2D eigenvalue weighted by Gasteiger charge is -2.09. The summed E-state index contributed by atoms with van der Waals surface area (Å²) in [4.78, 5) is 49.5. The maximum absolute atomic E-state index is 12.4. The molecule has 184 valence electrons. The molecule has 2 amide bonds. The van der Waals surface area contributed by atoms with Crippen LogP contribution in [0.25, 0.3) is 0 Å². The molecule has 0 saturated carbocycles. The lowest BCUT2D eigenvalue weighted by atomic mass is 10.1. The molecule has 1 heterocycles. The highest BCUT2D eigenvalue weighted by Crippen LogP contribution is 2.33. The van der Waals surface area contributed by atoms with Gasteiger partial charge in [0.15, 0.2) is 6.61 Å². The Labute approximate surface area is 202 Å². The SMILES string of the molecule is CCOC(=O)c1c(NC(=O)COC(=O)c2ccc(OCCC(C)C)cc2)sc(C(=O)NC)c1C. The van der Waals surface area contributed by atoms with Crippen molar-refractivity contribution >= 4 is 40.1 Å². The molecule has 1 aromatic carbocycles. The van der Waals surface area contributed by atoms with Gasteiger partial charge >= 0.3 is 11.9 Å². The Bertz CT molecular complexity index is 1030. The Morgan fingerprint density at radius 2 is 1.71 bits per heavy atom. The van der Waals surface area contributed by atoms with Crippen LogP contribution in [0, 0.1) is 12.8 Å². The van der Waals surface area contributed by atoms with Crippen LogP contribution in [0.4, 0.5) is 5.00 Å². The van der Waals surface area contributed by atoms with E-state index in [1.807, 2.05) is 0 Å². The summed E-state index contributed by atoms with van der Waals surface area (Å²) in [6, 6.07) is 6.44. The summed E-state index contributed by atoms with van der Waals surface area (Å²) in [6.45, 7) is 7.61. The minimum Gasteiger partial charge on any atom is -0.494 e. The normalized spacial score (nSPS) is 10.5. The number of hydrogen-bond donors (Lipinski definition) is 2. The van der Waals surface area contributed by atoms with Crippen molar-refractivity contribution in [3.8, 4) is 5.75 Å². The molecule has 34 heavy (non-hydrogen) atoms. The van der Waals surface area contributed by atoms with Gasteiger partial charge in [0.25, 0.3) is 11.8 Å². The minimum atomic E-state index is -0.678. The van der Waals surface area contributed by atoms with E-state index in [1.165, 1.54) is 7.05 Å². The largest absolute Gasteiger partial charge is 0.494 e. The van der Waals surface area contributed by atoms with Crippen molar-refractivity contribution in [3.05, 3.63) is 45.8 Å². The first-order chi connectivity index (χ1) is 16.2. The van der Waals surface area contributed by atoms with Crippen LogP contribution in [0.5, 0.6) is 5.75 Å². The van der Waals surface area contributed by atoms with Crippen molar-refractivity contribution < 1.29 is 33.4 Å². The number of rotatable bonds is 11. The fourth-order valence-corrected chi connectivity index (χ4v) is 4.01. The first-order valence-corrected chi connectivity index (χ1v) is 11.7. The van der Waals surface area contributed by atoms with Crippen LogP contribution in [0.3, 0.4) is 0 Å². The van der Waals surface area contributed by atoms with Gasteiger partial charge in [-0.3, -0.25) is 9.59 Å². The maximum Gasteiger partial charge on any atom is 0.341 e. The molecular formula is C24H30N2O7S. The topological polar surface area (TPSA) is 120 Å². The van der Waals surface area contributed by atoms with E-state index in [9.17, 15) is 19.2 Å². The molecule has 0 aliphatic rings. The Morgan fingerprint density at radius 3 is 2.29 bits per heavy atom. The lowest BCUT2D eigenvalue weighted by molar-refractivity contribution is -0.119. The fraction of sp³-hybridized carbons (Fsp3) is 0.417. The van der Waals surface area contributed by atoms with Crippen LogP contribution in [0.1, 0.15) is 63.1 Å². The third-order valence-electron chi connectivity index (χ3n) is 4.70. The quantitative estimate of drug-likeness (QED) is 0.460. The molecule has 1 aromatic heterocycles. The monoisotopic (exact) mass is 490 g/mol. The van der Waals surface area contributed by atoms with Crippen molar-refractivity contribution in [2.24, 2.45) is 5.92 Å². The van der Waals surface area contributed by atoms with Crippen molar-refractivity contribution in [1.82, 2.24) is 5.32 Å². The number of amides is 2. The molecule has 10 heteroatoms. The number of nitrogens with one attached hydrogen (secondary N) is 2. The highest BCUT2D eigenvalue weighted by Gasteiger charge is 2.26. The van der Waals surface area contributed by atoms with Gasteiger partial charge in [0.2, 0.25) is 0 Å². The molecule has 0 bridgehead atoms. The average molecular weight is 491 g/mol. The molecule has 0 aliphatic heterocycles. The highest BCUT2D eigenvalue weighted by molar-refractivity contribution is 7.18. The molecule has 0 saturated heterocycles. The van der Waals surface area contributed by atoms with Gasteiger partial charge in [0.1, 0.15) is 10.8 Å². The van der Waals surface area contributed by atoms with Gasteiger partial charge in [-0.1, -0.05) is 13.8 Å². The van der Waals surface area contributed by atoms with E-state index in [-0.39, 0.29) is 27.6 Å². The van der Waals surface area contributed by atoms with Gasteiger partial charge in [-0.25, -0.2) is 9.59 Å². The summed E-state index contributed by atoms with van der Waals surface area (Å²) in [5, 5.41) is 5.18. The van der Waals surface area contributed by atoms with Crippen LogP contribution in [0.15, 0.2) is 24.3 Å². The van der Waals surface area contributed by atoms with Crippen molar-refractivity contribution in [3.63, 3.8) is 0 Å². The van der Waals surface area contributed by atoms with E-state index in [2.05, 4.69) is 24.5 Å². The maximum atomic E-state index is 12.4. The summed E-state index contributed by atoms with van der Waals surface area (Å²) in [6.07, 6.45) is 0.922. The zero-order chi connectivity index (χ0) is 25.3. The molecule has 0 radical (unpaired) electrons. The molecule has 0 fully saturated rings. The zero-order valence-corrected chi connectivity index (χ0v) is 20.8.